The van der Waals surface area contributed by atoms with Gasteiger partial charge >= 0.3 is 0 Å². The van der Waals surface area contributed by atoms with Crippen LogP contribution in [-0.2, 0) is 0 Å². The molecular weight excluding hydrogens is 276 g/mol. The van der Waals surface area contributed by atoms with Crippen LogP contribution in [0.15, 0.2) is 51.7 Å². The highest BCUT2D eigenvalue weighted by atomic mass is 16.3. The van der Waals surface area contributed by atoms with Crippen molar-refractivity contribution >= 4 is 21.7 Å². The third kappa shape index (κ3) is 2.22. The maximum atomic E-state index is 12.4. The number of aliphatic hydroxyl groups is 1. The lowest BCUT2D eigenvalue weighted by molar-refractivity contribution is 0.115. The van der Waals surface area contributed by atoms with Crippen LogP contribution in [0.1, 0.15) is 37.4 Å². The number of hydrogen-bond donors (Lipinski definition) is 1. The molecule has 3 heteroatoms. The summed E-state index contributed by atoms with van der Waals surface area (Å²) in [5.74, 6) is 0.854. The Balaban J connectivity index is 1.94. The summed E-state index contributed by atoms with van der Waals surface area (Å²) < 4.78 is 6.13. The summed E-state index contributed by atoms with van der Waals surface area (Å²) in [6.07, 6.45) is 3.18. The van der Waals surface area contributed by atoms with Gasteiger partial charge in [0.1, 0.15) is 11.3 Å². The van der Waals surface area contributed by atoms with E-state index >= 15 is 0 Å². The summed E-state index contributed by atoms with van der Waals surface area (Å²) in [4.78, 5) is 12.4. The number of aliphatic hydroxyl groups excluding tert-OH is 1. The monoisotopic (exact) mass is 294 g/mol. The van der Waals surface area contributed by atoms with Crippen LogP contribution < -0.4 is 5.43 Å². The van der Waals surface area contributed by atoms with Crippen LogP contribution in [0.25, 0.3) is 21.7 Å². The average Bonchev–Trinajstić information content (AvgIpc) is 2.54. The van der Waals surface area contributed by atoms with E-state index in [4.69, 9.17) is 4.42 Å². The van der Waals surface area contributed by atoms with E-state index in [1.807, 2.05) is 36.4 Å². The maximum absolute atomic E-state index is 12.4. The Morgan fingerprint density at radius 1 is 1.05 bits per heavy atom. The molecule has 0 saturated heterocycles. The van der Waals surface area contributed by atoms with Crippen molar-refractivity contribution in [2.24, 2.45) is 0 Å². The largest absolute Gasteiger partial charge is 0.460 e. The van der Waals surface area contributed by atoms with E-state index in [1.165, 1.54) is 0 Å². The molecule has 1 aliphatic carbocycles. The van der Waals surface area contributed by atoms with E-state index in [1.54, 1.807) is 6.07 Å². The molecule has 22 heavy (non-hydrogen) atoms. The molecule has 3 nitrogen and oxygen atoms in total. The Hall–Kier alpha value is -2.13. The van der Waals surface area contributed by atoms with Gasteiger partial charge in [0, 0.05) is 17.4 Å². The molecule has 112 valence electrons. The van der Waals surface area contributed by atoms with Gasteiger partial charge in [-0.1, -0.05) is 36.8 Å². The molecule has 1 saturated carbocycles. The molecule has 1 N–H and O–H groups in total. The zero-order chi connectivity index (χ0) is 15.1. The number of benzene rings is 2. The fraction of sp³-hybridized carbons (Fsp3) is 0.316. The molecule has 3 aromatic rings. The maximum Gasteiger partial charge on any atom is 0.192 e. The molecular formula is C19H18O3. The highest BCUT2D eigenvalue weighted by molar-refractivity contribution is 6.03. The highest BCUT2D eigenvalue weighted by Crippen LogP contribution is 2.34. The molecule has 1 heterocycles. The highest BCUT2D eigenvalue weighted by Gasteiger charge is 2.24. The van der Waals surface area contributed by atoms with E-state index in [0.29, 0.717) is 23.2 Å². The summed E-state index contributed by atoms with van der Waals surface area (Å²) in [5.41, 5.74) is 0.669. The number of hydrogen-bond acceptors (Lipinski definition) is 3. The van der Waals surface area contributed by atoms with Gasteiger partial charge in [0.05, 0.1) is 11.5 Å². The van der Waals surface area contributed by atoms with Crippen molar-refractivity contribution in [1.29, 1.82) is 0 Å². The fourth-order valence-corrected chi connectivity index (χ4v) is 3.52. The first kappa shape index (κ1) is 13.5. The van der Waals surface area contributed by atoms with Crippen molar-refractivity contribution in [3.05, 3.63) is 58.4 Å². The quantitative estimate of drug-likeness (QED) is 0.691. The van der Waals surface area contributed by atoms with Crippen molar-refractivity contribution in [3.8, 4) is 0 Å². The lowest BCUT2D eigenvalue weighted by atomic mass is 9.85. The average molecular weight is 294 g/mol. The zero-order valence-corrected chi connectivity index (χ0v) is 12.3. The minimum atomic E-state index is -0.285. The first-order chi connectivity index (χ1) is 10.7. The van der Waals surface area contributed by atoms with Crippen LogP contribution in [0.2, 0.25) is 0 Å². The Bertz CT molecular complexity index is 894. The van der Waals surface area contributed by atoms with Crippen molar-refractivity contribution in [2.75, 3.05) is 0 Å². The molecule has 2 aromatic carbocycles. The van der Waals surface area contributed by atoms with Gasteiger partial charge < -0.3 is 9.52 Å². The Labute approximate surface area is 128 Å². The molecule has 0 amide bonds. The third-order valence-electron chi connectivity index (χ3n) is 4.69. The first-order valence-electron chi connectivity index (χ1n) is 7.86. The summed E-state index contributed by atoms with van der Waals surface area (Å²) >= 11 is 0. The second-order valence-electron chi connectivity index (χ2n) is 6.19. The lowest BCUT2D eigenvalue weighted by Gasteiger charge is -2.25. The molecule has 2 atom stereocenters. The molecule has 0 aliphatic heterocycles. The Kier molecular flexibility index (Phi) is 3.23. The topological polar surface area (TPSA) is 50.4 Å². The van der Waals surface area contributed by atoms with Crippen molar-refractivity contribution in [2.45, 2.75) is 37.7 Å². The summed E-state index contributed by atoms with van der Waals surface area (Å²) in [7, 11) is 0. The third-order valence-corrected chi connectivity index (χ3v) is 4.69. The van der Waals surface area contributed by atoms with Gasteiger partial charge in [-0.3, -0.25) is 4.79 Å². The molecule has 1 fully saturated rings. The molecule has 1 aliphatic rings. The van der Waals surface area contributed by atoms with E-state index < -0.39 is 0 Å². The van der Waals surface area contributed by atoms with E-state index in [2.05, 4.69) is 0 Å². The van der Waals surface area contributed by atoms with Crippen molar-refractivity contribution in [3.63, 3.8) is 0 Å². The molecule has 4 rings (SSSR count). The standard InChI is InChI=1S/C19H18O3/c20-14-6-3-5-13(10-14)18-11-17(21)16-9-8-12-4-1-2-7-15(12)19(16)22-18/h1-2,4,7-9,11,13-14,20H,3,5-6,10H2/t13-,14-/m1/s1. The van der Waals surface area contributed by atoms with Crippen LogP contribution >= 0.6 is 0 Å². The minimum Gasteiger partial charge on any atom is -0.460 e. The predicted octanol–water partition coefficient (Wildman–Crippen LogP) is 3.96. The second-order valence-corrected chi connectivity index (χ2v) is 6.19. The Morgan fingerprint density at radius 3 is 2.77 bits per heavy atom. The van der Waals surface area contributed by atoms with Crippen LogP contribution in [-0.4, -0.2) is 11.2 Å². The van der Waals surface area contributed by atoms with Gasteiger partial charge in [-0.25, -0.2) is 0 Å². The van der Waals surface area contributed by atoms with Gasteiger partial charge in [0.2, 0.25) is 0 Å². The van der Waals surface area contributed by atoms with Crippen molar-refractivity contribution < 1.29 is 9.52 Å². The Morgan fingerprint density at radius 2 is 1.91 bits per heavy atom. The number of fused-ring (bicyclic) bond motifs is 3. The van der Waals surface area contributed by atoms with Crippen LogP contribution in [0.4, 0.5) is 0 Å². The van der Waals surface area contributed by atoms with Crippen LogP contribution in [0, 0.1) is 0 Å². The van der Waals surface area contributed by atoms with Gasteiger partial charge in [-0.2, -0.15) is 0 Å². The summed E-state index contributed by atoms with van der Waals surface area (Å²) in [6.45, 7) is 0. The predicted molar refractivity (Wildman–Crippen MR) is 87.2 cm³/mol. The molecule has 0 radical (unpaired) electrons. The van der Waals surface area contributed by atoms with E-state index in [-0.39, 0.29) is 17.5 Å². The van der Waals surface area contributed by atoms with Crippen molar-refractivity contribution in [1.82, 2.24) is 0 Å². The smallest absolute Gasteiger partial charge is 0.192 e. The van der Waals surface area contributed by atoms with Crippen LogP contribution in [0.3, 0.4) is 0 Å². The molecule has 0 spiro atoms. The van der Waals surface area contributed by atoms with E-state index in [9.17, 15) is 9.90 Å². The normalized spacial score (nSPS) is 22.2. The summed E-state index contributed by atoms with van der Waals surface area (Å²) in [6, 6.07) is 13.3. The van der Waals surface area contributed by atoms with Gasteiger partial charge in [-0.15, -0.1) is 0 Å². The summed E-state index contributed by atoms with van der Waals surface area (Å²) in [5, 5.41) is 12.5. The fourth-order valence-electron chi connectivity index (χ4n) is 3.52. The molecule has 0 unspecified atom stereocenters. The second kappa shape index (κ2) is 5.25. The van der Waals surface area contributed by atoms with Gasteiger partial charge in [0.15, 0.2) is 5.43 Å². The zero-order valence-electron chi connectivity index (χ0n) is 12.3. The van der Waals surface area contributed by atoms with Gasteiger partial charge in [-0.05, 0) is 30.7 Å². The van der Waals surface area contributed by atoms with Crippen LogP contribution in [0.5, 0.6) is 0 Å². The first-order valence-corrected chi connectivity index (χ1v) is 7.86. The minimum absolute atomic E-state index is 0.00191. The molecule has 0 bridgehead atoms. The SMILES string of the molecule is O=c1cc([C@@H]2CCC[C@@H](O)C2)oc2c1ccc1ccccc12. The van der Waals surface area contributed by atoms with E-state index in [0.717, 1.165) is 30.0 Å². The molecule has 1 aromatic heterocycles. The van der Waals surface area contributed by atoms with Gasteiger partial charge in [0.25, 0.3) is 0 Å². The number of rotatable bonds is 1. The lowest BCUT2D eigenvalue weighted by Crippen LogP contribution is -2.19.